The van der Waals surface area contributed by atoms with E-state index >= 15 is 0 Å². The first kappa shape index (κ1) is 25.2. The summed E-state index contributed by atoms with van der Waals surface area (Å²) in [5.41, 5.74) is 0.772. The van der Waals surface area contributed by atoms with Crippen LogP contribution < -0.4 is 5.32 Å². The average molecular weight is 555 g/mol. The summed E-state index contributed by atoms with van der Waals surface area (Å²) in [5.74, 6) is -0.265. The van der Waals surface area contributed by atoms with E-state index in [0.717, 1.165) is 37.1 Å². The summed E-state index contributed by atoms with van der Waals surface area (Å²) in [4.78, 5) is 31.8. The summed E-state index contributed by atoms with van der Waals surface area (Å²) in [7, 11) is 0. The van der Waals surface area contributed by atoms with Crippen molar-refractivity contribution in [1.29, 1.82) is 0 Å². The van der Waals surface area contributed by atoms with E-state index in [1.54, 1.807) is 24.3 Å². The Labute approximate surface area is 225 Å². The molecule has 2 atom stereocenters. The molecule has 1 aliphatic carbocycles. The lowest BCUT2D eigenvalue weighted by atomic mass is 9.93. The molecule has 5 rings (SSSR count). The second-order valence-corrected chi connectivity index (χ2v) is 11.5. The highest BCUT2D eigenvalue weighted by molar-refractivity contribution is 6.35. The van der Waals surface area contributed by atoms with Gasteiger partial charge in [-0.1, -0.05) is 58.5 Å². The zero-order valence-corrected chi connectivity index (χ0v) is 22.2. The number of piperazine rings is 1. The molecule has 186 valence electrons. The summed E-state index contributed by atoms with van der Waals surface area (Å²) in [6, 6.07) is 10.1. The molecule has 2 saturated heterocycles. The van der Waals surface area contributed by atoms with Crippen LogP contribution in [-0.2, 0) is 21.4 Å². The Hall–Kier alpha value is -1.50. The van der Waals surface area contributed by atoms with Crippen LogP contribution in [-0.4, -0.2) is 59.9 Å². The highest BCUT2D eigenvalue weighted by Gasteiger charge is 2.53. The number of carbonyl (C=O) groups is 2. The molecule has 2 aromatic rings. The van der Waals surface area contributed by atoms with E-state index < -0.39 is 11.5 Å². The third kappa shape index (κ3) is 5.17. The van der Waals surface area contributed by atoms with Crippen LogP contribution in [0.15, 0.2) is 36.4 Å². The van der Waals surface area contributed by atoms with Crippen LogP contribution in [0.3, 0.4) is 0 Å². The van der Waals surface area contributed by atoms with Gasteiger partial charge in [-0.15, -0.1) is 0 Å². The summed E-state index contributed by atoms with van der Waals surface area (Å²) >= 11 is 25.1. The maximum absolute atomic E-state index is 13.8. The van der Waals surface area contributed by atoms with Crippen molar-refractivity contribution in [2.45, 2.75) is 49.6 Å². The monoisotopic (exact) mass is 553 g/mol. The van der Waals surface area contributed by atoms with Crippen molar-refractivity contribution >= 4 is 58.2 Å². The molecule has 0 spiro atoms. The third-order valence-corrected chi connectivity index (χ3v) is 8.71. The molecule has 0 radical (unpaired) electrons. The molecule has 35 heavy (non-hydrogen) atoms. The molecule has 2 aliphatic heterocycles. The van der Waals surface area contributed by atoms with Gasteiger partial charge in [0.05, 0.1) is 5.41 Å². The maximum Gasteiger partial charge on any atom is 0.245 e. The SMILES string of the molecule is O=C(C(Cc1ccc(Cl)cc1Cl)NC(=O)C1(c2ccc(Cl)cc2Cl)CC1)N1CCN2CCCC2C1. The molecule has 0 bridgehead atoms. The average Bonchev–Trinajstić information content (AvgIpc) is 3.49. The Balaban J connectivity index is 1.39. The Morgan fingerprint density at radius 3 is 2.37 bits per heavy atom. The second kappa shape index (κ2) is 10.1. The third-order valence-electron chi connectivity index (χ3n) is 7.57. The minimum atomic E-state index is -0.742. The van der Waals surface area contributed by atoms with Gasteiger partial charge in [-0.05, 0) is 67.6 Å². The molecule has 3 aliphatic rings. The van der Waals surface area contributed by atoms with E-state index in [0.29, 0.717) is 52.1 Å². The number of amides is 2. The van der Waals surface area contributed by atoms with Gasteiger partial charge in [0.2, 0.25) is 11.8 Å². The zero-order chi connectivity index (χ0) is 24.7. The molecule has 9 heteroatoms. The van der Waals surface area contributed by atoms with Crippen molar-refractivity contribution in [3.05, 3.63) is 67.6 Å². The Morgan fingerprint density at radius 2 is 1.69 bits per heavy atom. The molecule has 1 saturated carbocycles. The maximum atomic E-state index is 13.8. The summed E-state index contributed by atoms with van der Waals surface area (Å²) < 4.78 is 0. The number of halogens is 4. The molecule has 2 aromatic carbocycles. The Kier molecular flexibility index (Phi) is 7.26. The van der Waals surface area contributed by atoms with Gasteiger partial charge >= 0.3 is 0 Å². The fourth-order valence-corrected chi connectivity index (χ4v) is 6.51. The van der Waals surface area contributed by atoms with Crippen molar-refractivity contribution in [2.75, 3.05) is 26.2 Å². The molecule has 1 N–H and O–H groups in total. The van der Waals surface area contributed by atoms with Crippen LogP contribution in [0.2, 0.25) is 20.1 Å². The number of nitrogens with one attached hydrogen (secondary N) is 1. The number of hydrogen-bond acceptors (Lipinski definition) is 3. The first-order valence-electron chi connectivity index (χ1n) is 12.0. The second-order valence-electron chi connectivity index (χ2n) is 9.79. The number of hydrogen-bond donors (Lipinski definition) is 1. The van der Waals surface area contributed by atoms with Crippen molar-refractivity contribution in [3.8, 4) is 0 Å². The number of carbonyl (C=O) groups excluding carboxylic acids is 2. The van der Waals surface area contributed by atoms with Crippen LogP contribution >= 0.6 is 46.4 Å². The number of rotatable bonds is 6. The van der Waals surface area contributed by atoms with Crippen molar-refractivity contribution in [2.24, 2.45) is 0 Å². The van der Waals surface area contributed by atoms with Gasteiger partial charge in [0.25, 0.3) is 0 Å². The summed E-state index contributed by atoms with van der Waals surface area (Å²) in [6.45, 7) is 3.30. The van der Waals surface area contributed by atoms with Crippen LogP contribution in [0.4, 0.5) is 0 Å². The first-order valence-corrected chi connectivity index (χ1v) is 13.5. The van der Waals surface area contributed by atoms with Crippen molar-refractivity contribution in [3.63, 3.8) is 0 Å². The minimum Gasteiger partial charge on any atom is -0.343 e. The van der Waals surface area contributed by atoms with Crippen molar-refractivity contribution < 1.29 is 9.59 Å². The largest absolute Gasteiger partial charge is 0.343 e. The molecule has 5 nitrogen and oxygen atoms in total. The van der Waals surface area contributed by atoms with Crippen LogP contribution in [0.25, 0.3) is 0 Å². The lowest BCUT2D eigenvalue weighted by molar-refractivity contribution is -0.139. The quantitative estimate of drug-likeness (QED) is 0.522. The summed E-state index contributed by atoms with van der Waals surface area (Å²) in [5, 5.41) is 5.07. The molecule has 0 aromatic heterocycles. The van der Waals surface area contributed by atoms with Gasteiger partial charge in [0, 0.05) is 52.2 Å². The highest BCUT2D eigenvalue weighted by Crippen LogP contribution is 2.51. The van der Waals surface area contributed by atoms with Gasteiger partial charge < -0.3 is 10.2 Å². The Morgan fingerprint density at radius 1 is 0.971 bits per heavy atom. The van der Waals surface area contributed by atoms with Gasteiger partial charge in [0.1, 0.15) is 6.04 Å². The molecule has 3 fully saturated rings. The van der Waals surface area contributed by atoms with Crippen molar-refractivity contribution in [1.82, 2.24) is 15.1 Å². The lowest BCUT2D eigenvalue weighted by Crippen LogP contribution is -2.58. The predicted molar refractivity (Wildman–Crippen MR) is 141 cm³/mol. The fourth-order valence-electron chi connectivity index (χ4n) is 5.44. The topological polar surface area (TPSA) is 52.7 Å². The number of nitrogens with zero attached hydrogens (tertiary/aromatic N) is 2. The van der Waals surface area contributed by atoms with E-state index in [2.05, 4.69) is 10.2 Å². The van der Waals surface area contributed by atoms with Crippen LogP contribution in [0.1, 0.15) is 36.8 Å². The smallest absolute Gasteiger partial charge is 0.245 e. The van der Waals surface area contributed by atoms with Gasteiger partial charge in [-0.2, -0.15) is 0 Å². The first-order chi connectivity index (χ1) is 16.8. The normalized spacial score (nSPS) is 21.9. The van der Waals surface area contributed by atoms with Crippen LogP contribution in [0, 0.1) is 0 Å². The van der Waals surface area contributed by atoms with E-state index in [-0.39, 0.29) is 18.2 Å². The standard InChI is InChI=1S/C26H27Cl4N3O2/c27-17-4-3-16(21(29)13-17)12-23(24(34)33-11-10-32-9-1-2-19(32)15-33)31-25(35)26(7-8-26)20-6-5-18(28)14-22(20)30/h3-6,13-14,19,23H,1-2,7-12,15H2,(H,31,35). The van der Waals surface area contributed by atoms with Gasteiger partial charge in [-0.3, -0.25) is 14.5 Å². The molecule has 2 amide bonds. The fraction of sp³-hybridized carbons (Fsp3) is 0.462. The zero-order valence-electron chi connectivity index (χ0n) is 19.2. The van der Waals surface area contributed by atoms with E-state index in [1.165, 1.54) is 0 Å². The Bertz CT molecular complexity index is 1150. The summed E-state index contributed by atoms with van der Waals surface area (Å²) in [6.07, 6.45) is 3.89. The highest BCUT2D eigenvalue weighted by atomic mass is 35.5. The van der Waals surface area contributed by atoms with Crippen LogP contribution in [0.5, 0.6) is 0 Å². The van der Waals surface area contributed by atoms with Gasteiger partial charge in [0.15, 0.2) is 0 Å². The molecule has 2 heterocycles. The molecular formula is C26H27Cl4N3O2. The van der Waals surface area contributed by atoms with Gasteiger partial charge in [-0.25, -0.2) is 0 Å². The van der Waals surface area contributed by atoms with E-state index in [9.17, 15) is 9.59 Å². The lowest BCUT2D eigenvalue weighted by Gasteiger charge is -2.39. The minimum absolute atomic E-state index is 0.0751. The predicted octanol–water partition coefficient (Wildman–Crippen LogP) is 5.37. The number of benzene rings is 2. The molecule has 2 unspecified atom stereocenters. The van der Waals surface area contributed by atoms with E-state index in [1.807, 2.05) is 17.0 Å². The molecular weight excluding hydrogens is 528 g/mol. The number of fused-ring (bicyclic) bond motifs is 1. The van der Waals surface area contributed by atoms with E-state index in [4.69, 9.17) is 46.4 Å².